The standard InChI is InChI=1S/C19H21NO2S/c21-19-10-7-16-13-17(8-9-18(16)20-19)22-11-4-12-23-14-15-5-2-1-3-6-15/h1-3,5-6,8-9,13H,4,7,10-12,14H2,(H,20,21). The number of benzene rings is 2. The molecule has 0 aromatic heterocycles. The Morgan fingerprint density at radius 3 is 2.83 bits per heavy atom. The molecule has 0 radical (unpaired) electrons. The Labute approximate surface area is 141 Å². The van der Waals surface area contributed by atoms with E-state index in [0.717, 1.165) is 42.4 Å². The lowest BCUT2D eigenvalue weighted by Crippen LogP contribution is -2.18. The molecule has 2 aromatic rings. The zero-order chi connectivity index (χ0) is 15.9. The molecule has 0 saturated heterocycles. The van der Waals surface area contributed by atoms with Crippen molar-refractivity contribution in [2.24, 2.45) is 0 Å². The molecule has 1 N–H and O–H groups in total. The number of fused-ring (bicyclic) bond motifs is 1. The van der Waals surface area contributed by atoms with Crippen LogP contribution in [0.3, 0.4) is 0 Å². The molecular weight excluding hydrogens is 306 g/mol. The van der Waals surface area contributed by atoms with Crippen LogP contribution in [0.4, 0.5) is 5.69 Å². The summed E-state index contributed by atoms with van der Waals surface area (Å²) in [6, 6.07) is 16.4. The van der Waals surface area contributed by atoms with E-state index in [9.17, 15) is 4.79 Å². The summed E-state index contributed by atoms with van der Waals surface area (Å²) < 4.78 is 5.83. The van der Waals surface area contributed by atoms with Crippen LogP contribution in [0, 0.1) is 0 Å². The Morgan fingerprint density at radius 2 is 1.96 bits per heavy atom. The average Bonchev–Trinajstić information content (AvgIpc) is 2.59. The van der Waals surface area contributed by atoms with Crippen molar-refractivity contribution in [2.75, 3.05) is 17.7 Å². The van der Waals surface area contributed by atoms with Gasteiger partial charge in [-0.15, -0.1) is 0 Å². The minimum atomic E-state index is 0.0987. The van der Waals surface area contributed by atoms with Gasteiger partial charge in [-0.05, 0) is 47.9 Å². The van der Waals surface area contributed by atoms with Gasteiger partial charge in [-0.2, -0.15) is 11.8 Å². The fourth-order valence-electron chi connectivity index (χ4n) is 2.56. The Kier molecular flexibility index (Phi) is 5.59. The SMILES string of the molecule is O=C1CCc2cc(OCCCSCc3ccccc3)ccc2N1. The van der Waals surface area contributed by atoms with E-state index in [-0.39, 0.29) is 5.91 Å². The topological polar surface area (TPSA) is 38.3 Å². The number of amides is 1. The monoisotopic (exact) mass is 327 g/mol. The molecule has 0 saturated carbocycles. The molecule has 0 bridgehead atoms. The fourth-order valence-corrected chi connectivity index (χ4v) is 3.46. The van der Waals surface area contributed by atoms with Crippen molar-refractivity contribution in [1.29, 1.82) is 0 Å². The summed E-state index contributed by atoms with van der Waals surface area (Å²) >= 11 is 1.94. The summed E-state index contributed by atoms with van der Waals surface area (Å²) in [7, 11) is 0. The largest absolute Gasteiger partial charge is 0.494 e. The number of anilines is 1. The van der Waals surface area contributed by atoms with E-state index >= 15 is 0 Å². The molecule has 0 fully saturated rings. The summed E-state index contributed by atoms with van der Waals surface area (Å²) in [5.74, 6) is 3.14. The molecule has 3 nitrogen and oxygen atoms in total. The second-order valence-electron chi connectivity index (χ2n) is 5.61. The minimum Gasteiger partial charge on any atom is -0.494 e. The van der Waals surface area contributed by atoms with E-state index in [4.69, 9.17) is 4.74 Å². The lowest BCUT2D eigenvalue weighted by Gasteiger charge is -2.17. The molecule has 23 heavy (non-hydrogen) atoms. The number of nitrogens with one attached hydrogen (secondary N) is 1. The highest BCUT2D eigenvalue weighted by Crippen LogP contribution is 2.26. The highest BCUT2D eigenvalue weighted by molar-refractivity contribution is 7.98. The smallest absolute Gasteiger partial charge is 0.224 e. The number of carbonyl (C=O) groups is 1. The zero-order valence-corrected chi connectivity index (χ0v) is 13.9. The van der Waals surface area contributed by atoms with E-state index in [1.54, 1.807) is 0 Å². The third-order valence-electron chi connectivity index (χ3n) is 3.79. The molecule has 1 aliphatic heterocycles. The summed E-state index contributed by atoms with van der Waals surface area (Å²) in [6.45, 7) is 0.729. The Morgan fingerprint density at radius 1 is 1.09 bits per heavy atom. The van der Waals surface area contributed by atoms with Gasteiger partial charge in [-0.25, -0.2) is 0 Å². The number of thioether (sulfide) groups is 1. The molecule has 1 aliphatic rings. The van der Waals surface area contributed by atoms with Gasteiger partial charge in [-0.1, -0.05) is 30.3 Å². The van der Waals surface area contributed by atoms with Crippen molar-refractivity contribution in [3.63, 3.8) is 0 Å². The highest BCUT2D eigenvalue weighted by atomic mass is 32.2. The van der Waals surface area contributed by atoms with Crippen LogP contribution >= 0.6 is 11.8 Å². The maximum atomic E-state index is 11.3. The van der Waals surface area contributed by atoms with Crippen molar-refractivity contribution in [3.05, 3.63) is 59.7 Å². The van der Waals surface area contributed by atoms with Crippen molar-refractivity contribution < 1.29 is 9.53 Å². The van der Waals surface area contributed by atoms with Crippen LogP contribution < -0.4 is 10.1 Å². The minimum absolute atomic E-state index is 0.0987. The number of ether oxygens (including phenoxy) is 1. The first-order valence-electron chi connectivity index (χ1n) is 7.98. The van der Waals surface area contributed by atoms with E-state index in [0.29, 0.717) is 6.42 Å². The van der Waals surface area contributed by atoms with Crippen molar-refractivity contribution in [3.8, 4) is 5.75 Å². The fraction of sp³-hybridized carbons (Fsp3) is 0.316. The first kappa shape index (κ1) is 15.9. The number of hydrogen-bond acceptors (Lipinski definition) is 3. The van der Waals surface area contributed by atoms with Gasteiger partial charge < -0.3 is 10.1 Å². The summed E-state index contributed by atoms with van der Waals surface area (Å²) in [4.78, 5) is 11.3. The molecular formula is C19H21NO2S. The van der Waals surface area contributed by atoms with Crippen LogP contribution in [0.5, 0.6) is 5.75 Å². The van der Waals surface area contributed by atoms with Crippen LogP contribution in [-0.2, 0) is 17.0 Å². The molecule has 2 aromatic carbocycles. The Balaban J connectivity index is 1.37. The maximum absolute atomic E-state index is 11.3. The quantitative estimate of drug-likeness (QED) is 0.772. The van der Waals surface area contributed by atoms with Crippen LogP contribution in [0.15, 0.2) is 48.5 Å². The van der Waals surface area contributed by atoms with E-state index < -0.39 is 0 Å². The van der Waals surface area contributed by atoms with E-state index in [1.165, 1.54) is 11.1 Å². The van der Waals surface area contributed by atoms with Crippen LogP contribution in [0.25, 0.3) is 0 Å². The molecule has 4 heteroatoms. The number of hydrogen-bond donors (Lipinski definition) is 1. The van der Waals surface area contributed by atoms with Gasteiger partial charge >= 0.3 is 0 Å². The van der Waals surface area contributed by atoms with Gasteiger partial charge in [0.05, 0.1) is 6.61 Å². The maximum Gasteiger partial charge on any atom is 0.224 e. The van der Waals surface area contributed by atoms with Gasteiger partial charge in [0.15, 0.2) is 0 Å². The van der Waals surface area contributed by atoms with Crippen LogP contribution in [-0.4, -0.2) is 18.3 Å². The Bertz CT molecular complexity index is 658. The number of carbonyl (C=O) groups excluding carboxylic acids is 1. The zero-order valence-electron chi connectivity index (χ0n) is 13.1. The van der Waals surface area contributed by atoms with E-state index in [2.05, 4.69) is 29.6 Å². The third kappa shape index (κ3) is 4.76. The first-order chi connectivity index (χ1) is 11.3. The second kappa shape index (κ2) is 8.06. The first-order valence-corrected chi connectivity index (χ1v) is 9.14. The van der Waals surface area contributed by atoms with Crippen molar-refractivity contribution >= 4 is 23.4 Å². The van der Waals surface area contributed by atoms with Gasteiger partial charge in [0, 0.05) is 17.9 Å². The van der Waals surface area contributed by atoms with Crippen molar-refractivity contribution in [2.45, 2.75) is 25.0 Å². The molecule has 120 valence electrons. The average molecular weight is 327 g/mol. The number of aryl methyl sites for hydroxylation is 1. The van der Waals surface area contributed by atoms with Crippen LogP contribution in [0.1, 0.15) is 24.0 Å². The van der Waals surface area contributed by atoms with Crippen molar-refractivity contribution in [1.82, 2.24) is 0 Å². The predicted octanol–water partition coefficient (Wildman–Crippen LogP) is 4.27. The summed E-state index contributed by atoms with van der Waals surface area (Å²) in [6.07, 6.45) is 2.39. The molecule has 0 spiro atoms. The van der Waals surface area contributed by atoms with E-state index in [1.807, 2.05) is 36.0 Å². The summed E-state index contributed by atoms with van der Waals surface area (Å²) in [5, 5.41) is 2.89. The lowest BCUT2D eigenvalue weighted by molar-refractivity contribution is -0.116. The molecule has 0 unspecified atom stereocenters. The lowest BCUT2D eigenvalue weighted by atomic mass is 10.0. The Hall–Kier alpha value is -1.94. The molecule has 0 atom stereocenters. The van der Waals surface area contributed by atoms with Gasteiger partial charge in [0.1, 0.15) is 5.75 Å². The molecule has 1 amide bonds. The molecule has 3 rings (SSSR count). The van der Waals surface area contributed by atoms with Gasteiger partial charge in [0.25, 0.3) is 0 Å². The second-order valence-corrected chi connectivity index (χ2v) is 6.71. The van der Waals surface area contributed by atoms with Gasteiger partial charge in [-0.3, -0.25) is 4.79 Å². The number of rotatable bonds is 7. The highest BCUT2D eigenvalue weighted by Gasteiger charge is 2.14. The molecule has 0 aliphatic carbocycles. The predicted molar refractivity (Wildman–Crippen MR) is 96.1 cm³/mol. The van der Waals surface area contributed by atoms with Crippen LogP contribution in [0.2, 0.25) is 0 Å². The summed E-state index contributed by atoms with van der Waals surface area (Å²) in [5.41, 5.74) is 3.46. The normalized spacial score (nSPS) is 13.3. The molecule has 1 heterocycles. The third-order valence-corrected chi connectivity index (χ3v) is 4.90. The van der Waals surface area contributed by atoms with Gasteiger partial charge in [0.2, 0.25) is 5.91 Å².